The average Bonchev–Trinajstić information content (AvgIpc) is 3.20. The van der Waals surface area contributed by atoms with Crippen LogP contribution in [0.25, 0.3) is 21.6 Å². The maximum atomic E-state index is 13.3. The third kappa shape index (κ3) is 2.96. The highest BCUT2D eigenvalue weighted by atomic mass is 32.1. The Morgan fingerprint density at radius 1 is 1.24 bits per heavy atom. The van der Waals surface area contributed by atoms with Crippen molar-refractivity contribution < 1.29 is 9.18 Å². The van der Waals surface area contributed by atoms with Gasteiger partial charge in [-0.2, -0.15) is 0 Å². The van der Waals surface area contributed by atoms with Gasteiger partial charge in [0.1, 0.15) is 5.82 Å². The molecule has 2 aromatic heterocycles. The fraction of sp³-hybridized carbons (Fsp3) is 0.0625. The van der Waals surface area contributed by atoms with E-state index in [1.165, 1.54) is 28.2 Å². The van der Waals surface area contributed by atoms with Crippen molar-refractivity contribution in [2.24, 2.45) is 7.05 Å². The fourth-order valence-corrected chi connectivity index (χ4v) is 3.28. The lowest BCUT2D eigenvalue weighted by Crippen LogP contribution is -2.11. The van der Waals surface area contributed by atoms with E-state index >= 15 is 0 Å². The lowest BCUT2D eigenvalue weighted by molar-refractivity contribution is 0.102. The number of thiazole rings is 1. The van der Waals surface area contributed by atoms with Crippen molar-refractivity contribution in [2.75, 3.05) is 5.32 Å². The van der Waals surface area contributed by atoms with E-state index < -0.39 is 0 Å². The molecule has 4 aromatic rings. The molecule has 0 aliphatic rings. The summed E-state index contributed by atoms with van der Waals surface area (Å²) in [5, 5.41) is 14.5. The van der Waals surface area contributed by atoms with E-state index in [0.29, 0.717) is 26.7 Å². The number of benzene rings is 2. The largest absolute Gasteiger partial charge is 0.298 e. The average molecular weight is 354 g/mol. The van der Waals surface area contributed by atoms with E-state index in [-0.39, 0.29) is 11.7 Å². The molecule has 0 radical (unpaired) electrons. The first kappa shape index (κ1) is 15.3. The van der Waals surface area contributed by atoms with Gasteiger partial charge in [0.15, 0.2) is 11.0 Å². The Labute approximate surface area is 145 Å². The van der Waals surface area contributed by atoms with Crippen molar-refractivity contribution in [1.29, 1.82) is 0 Å². The summed E-state index contributed by atoms with van der Waals surface area (Å²) in [6.07, 6.45) is 0. The van der Waals surface area contributed by atoms with Gasteiger partial charge in [-0.05, 0) is 40.8 Å². The SMILES string of the molecule is Cn1nnnc1-c1cccc(C(=O)Nc2nc3ccc(F)cc3s2)c1. The van der Waals surface area contributed by atoms with Gasteiger partial charge in [-0.15, -0.1) is 5.10 Å². The molecule has 0 unspecified atom stereocenters. The molecular weight excluding hydrogens is 343 g/mol. The van der Waals surface area contributed by atoms with E-state index in [1.54, 1.807) is 31.3 Å². The van der Waals surface area contributed by atoms with Gasteiger partial charge in [0.25, 0.3) is 5.91 Å². The van der Waals surface area contributed by atoms with E-state index in [0.717, 1.165) is 5.56 Å². The first-order valence-corrected chi connectivity index (χ1v) is 8.12. The third-order valence-corrected chi connectivity index (χ3v) is 4.51. The molecule has 1 N–H and O–H groups in total. The van der Waals surface area contributed by atoms with Crippen molar-refractivity contribution in [1.82, 2.24) is 25.2 Å². The number of anilines is 1. The molecule has 0 fully saturated rings. The number of amides is 1. The molecular formula is C16H11FN6OS. The zero-order chi connectivity index (χ0) is 17.4. The maximum absolute atomic E-state index is 13.3. The number of nitrogens with one attached hydrogen (secondary N) is 1. The Morgan fingerprint density at radius 2 is 2.12 bits per heavy atom. The molecule has 0 bridgehead atoms. The minimum Gasteiger partial charge on any atom is -0.298 e. The van der Waals surface area contributed by atoms with Gasteiger partial charge in [-0.25, -0.2) is 14.1 Å². The number of fused-ring (bicyclic) bond motifs is 1. The van der Waals surface area contributed by atoms with Crippen LogP contribution in [0.1, 0.15) is 10.4 Å². The molecule has 0 saturated carbocycles. The highest BCUT2D eigenvalue weighted by Gasteiger charge is 2.13. The van der Waals surface area contributed by atoms with Crippen molar-refractivity contribution in [3.8, 4) is 11.4 Å². The number of tetrazole rings is 1. The highest BCUT2D eigenvalue weighted by molar-refractivity contribution is 7.22. The Kier molecular flexibility index (Phi) is 3.69. The topological polar surface area (TPSA) is 85.6 Å². The van der Waals surface area contributed by atoms with Crippen LogP contribution in [0.3, 0.4) is 0 Å². The number of aromatic nitrogens is 5. The second kappa shape index (κ2) is 6.02. The Morgan fingerprint density at radius 3 is 2.92 bits per heavy atom. The molecule has 9 heteroatoms. The summed E-state index contributed by atoms with van der Waals surface area (Å²) in [5.41, 5.74) is 1.82. The molecule has 25 heavy (non-hydrogen) atoms. The molecule has 0 spiro atoms. The second-order valence-electron chi connectivity index (χ2n) is 5.29. The quantitative estimate of drug-likeness (QED) is 0.611. The molecule has 0 atom stereocenters. The number of rotatable bonds is 3. The van der Waals surface area contributed by atoms with E-state index in [9.17, 15) is 9.18 Å². The molecule has 0 aliphatic heterocycles. The molecule has 4 rings (SSSR count). The van der Waals surface area contributed by atoms with Crippen LogP contribution in [0.5, 0.6) is 0 Å². The van der Waals surface area contributed by atoms with Gasteiger partial charge in [0, 0.05) is 18.2 Å². The molecule has 124 valence electrons. The van der Waals surface area contributed by atoms with Gasteiger partial charge < -0.3 is 0 Å². The van der Waals surface area contributed by atoms with Crippen LogP contribution in [0, 0.1) is 5.82 Å². The molecule has 0 aliphatic carbocycles. The Hall–Kier alpha value is -3.20. The smallest absolute Gasteiger partial charge is 0.257 e. The predicted molar refractivity (Wildman–Crippen MR) is 91.8 cm³/mol. The summed E-state index contributed by atoms with van der Waals surface area (Å²) in [6.45, 7) is 0. The van der Waals surface area contributed by atoms with Gasteiger partial charge in [0.2, 0.25) is 0 Å². The van der Waals surface area contributed by atoms with Crippen LogP contribution in [-0.4, -0.2) is 31.1 Å². The molecule has 0 saturated heterocycles. The van der Waals surface area contributed by atoms with Crippen molar-refractivity contribution in [3.05, 3.63) is 53.8 Å². The monoisotopic (exact) mass is 354 g/mol. The molecule has 7 nitrogen and oxygen atoms in total. The van der Waals surface area contributed by atoms with Crippen LogP contribution < -0.4 is 5.32 Å². The Balaban J connectivity index is 1.61. The minimum absolute atomic E-state index is 0.309. The molecule has 2 aromatic carbocycles. The molecule has 2 heterocycles. The van der Waals surface area contributed by atoms with Crippen molar-refractivity contribution >= 4 is 32.6 Å². The number of hydrogen-bond acceptors (Lipinski definition) is 6. The van der Waals surface area contributed by atoms with E-state index in [4.69, 9.17) is 0 Å². The lowest BCUT2D eigenvalue weighted by Gasteiger charge is -2.04. The van der Waals surface area contributed by atoms with Crippen LogP contribution in [0.2, 0.25) is 0 Å². The van der Waals surface area contributed by atoms with Gasteiger partial charge in [0.05, 0.1) is 10.2 Å². The summed E-state index contributed by atoms with van der Waals surface area (Å²) in [7, 11) is 1.72. The summed E-state index contributed by atoms with van der Waals surface area (Å²) < 4.78 is 15.5. The first-order valence-electron chi connectivity index (χ1n) is 7.30. The fourth-order valence-electron chi connectivity index (χ4n) is 2.39. The predicted octanol–water partition coefficient (Wildman–Crippen LogP) is 2.88. The number of hydrogen-bond donors (Lipinski definition) is 1. The number of carbonyl (C=O) groups is 1. The first-order chi connectivity index (χ1) is 12.1. The second-order valence-corrected chi connectivity index (χ2v) is 6.32. The number of carbonyl (C=O) groups excluding carboxylic acids is 1. The van der Waals surface area contributed by atoms with Crippen LogP contribution >= 0.6 is 11.3 Å². The normalized spacial score (nSPS) is 11.0. The van der Waals surface area contributed by atoms with Crippen molar-refractivity contribution in [2.45, 2.75) is 0 Å². The maximum Gasteiger partial charge on any atom is 0.257 e. The molecule has 1 amide bonds. The highest BCUT2D eigenvalue weighted by Crippen LogP contribution is 2.27. The summed E-state index contributed by atoms with van der Waals surface area (Å²) in [5.74, 6) is -0.0827. The van der Waals surface area contributed by atoms with E-state index in [2.05, 4.69) is 25.8 Å². The summed E-state index contributed by atoms with van der Waals surface area (Å²) in [6, 6.07) is 11.3. The van der Waals surface area contributed by atoms with Gasteiger partial charge in [-0.3, -0.25) is 10.1 Å². The number of aryl methyl sites for hydroxylation is 1. The zero-order valence-corrected chi connectivity index (χ0v) is 13.8. The zero-order valence-electron chi connectivity index (χ0n) is 13.0. The minimum atomic E-state index is -0.334. The summed E-state index contributed by atoms with van der Waals surface area (Å²) >= 11 is 1.22. The van der Waals surface area contributed by atoms with Crippen LogP contribution in [0.15, 0.2) is 42.5 Å². The van der Waals surface area contributed by atoms with Crippen LogP contribution in [0.4, 0.5) is 9.52 Å². The van der Waals surface area contributed by atoms with Crippen molar-refractivity contribution in [3.63, 3.8) is 0 Å². The van der Waals surface area contributed by atoms with Gasteiger partial charge in [-0.1, -0.05) is 23.5 Å². The van der Waals surface area contributed by atoms with Gasteiger partial charge >= 0.3 is 0 Å². The summed E-state index contributed by atoms with van der Waals surface area (Å²) in [4.78, 5) is 16.8. The van der Waals surface area contributed by atoms with Crippen LogP contribution in [-0.2, 0) is 7.05 Å². The Bertz CT molecular complexity index is 1090. The standard InChI is InChI=1S/C16H11FN6OS/c1-23-14(20-21-22-23)9-3-2-4-10(7-9)15(24)19-16-18-12-6-5-11(17)8-13(12)25-16/h2-8H,1H3,(H,18,19,24). The number of halogens is 1. The van der Waals surface area contributed by atoms with E-state index in [1.807, 2.05) is 6.07 Å². The lowest BCUT2D eigenvalue weighted by atomic mass is 10.1. The third-order valence-electron chi connectivity index (χ3n) is 3.57. The number of nitrogens with zero attached hydrogens (tertiary/aromatic N) is 5.